The fourth-order valence-electron chi connectivity index (χ4n) is 1.65. The molecule has 0 aromatic heterocycles. The molecule has 0 saturated heterocycles. The van der Waals surface area contributed by atoms with Gasteiger partial charge in [0, 0.05) is 16.3 Å². The molecule has 7 heteroatoms. The number of hydrogen-bond acceptors (Lipinski definition) is 5. The molecule has 2 aromatic rings. The Hall–Kier alpha value is -1.70. The molecule has 4 N–H and O–H groups in total. The van der Waals surface area contributed by atoms with E-state index in [4.69, 9.17) is 15.6 Å². The van der Waals surface area contributed by atoms with Crippen molar-refractivity contribution < 1.29 is 13.2 Å². The summed E-state index contributed by atoms with van der Waals surface area (Å²) in [5.41, 5.74) is 6.59. The molecule has 0 fully saturated rings. The third kappa shape index (κ3) is 4.66. The second kappa shape index (κ2) is 6.84. The minimum Gasteiger partial charge on any atom is -0.493 e. The van der Waals surface area contributed by atoms with Gasteiger partial charge in [-0.25, -0.2) is 13.6 Å². The third-order valence-electron chi connectivity index (χ3n) is 2.68. The largest absolute Gasteiger partial charge is 0.493 e. The van der Waals surface area contributed by atoms with Crippen molar-refractivity contribution in [2.75, 3.05) is 18.1 Å². The van der Waals surface area contributed by atoms with Crippen LogP contribution >= 0.6 is 11.8 Å². The van der Waals surface area contributed by atoms with Gasteiger partial charge in [-0.2, -0.15) is 0 Å². The van der Waals surface area contributed by atoms with Gasteiger partial charge in [0.1, 0.15) is 5.75 Å². The van der Waals surface area contributed by atoms with Crippen LogP contribution in [0.15, 0.2) is 58.3 Å². The molecule has 0 amide bonds. The highest BCUT2D eigenvalue weighted by Crippen LogP contribution is 2.24. The van der Waals surface area contributed by atoms with Crippen LogP contribution in [0, 0.1) is 0 Å². The molecule has 0 aliphatic carbocycles. The van der Waals surface area contributed by atoms with E-state index in [1.165, 1.54) is 12.1 Å². The minimum absolute atomic E-state index is 0.0706. The van der Waals surface area contributed by atoms with Crippen LogP contribution in [-0.2, 0) is 10.0 Å². The van der Waals surface area contributed by atoms with Crippen LogP contribution in [0.1, 0.15) is 0 Å². The average Bonchev–Trinajstić information content (AvgIpc) is 2.45. The lowest BCUT2D eigenvalue weighted by molar-refractivity contribution is 0.343. The smallest absolute Gasteiger partial charge is 0.238 e. The van der Waals surface area contributed by atoms with Gasteiger partial charge in [0.2, 0.25) is 10.0 Å². The van der Waals surface area contributed by atoms with Gasteiger partial charge in [-0.15, -0.1) is 11.8 Å². The molecule has 0 spiro atoms. The second-order valence-corrected chi connectivity index (χ2v) is 6.95. The topological polar surface area (TPSA) is 95.4 Å². The maximum Gasteiger partial charge on any atom is 0.238 e. The van der Waals surface area contributed by atoms with Crippen LogP contribution in [0.3, 0.4) is 0 Å². The van der Waals surface area contributed by atoms with Gasteiger partial charge >= 0.3 is 0 Å². The van der Waals surface area contributed by atoms with Crippen molar-refractivity contribution in [3.05, 3.63) is 48.5 Å². The lowest BCUT2D eigenvalue weighted by atomic mass is 10.3. The fourth-order valence-corrected chi connectivity index (χ4v) is 2.96. The second-order valence-electron chi connectivity index (χ2n) is 4.25. The van der Waals surface area contributed by atoms with Crippen molar-refractivity contribution >= 4 is 27.5 Å². The highest BCUT2D eigenvalue weighted by atomic mass is 32.2. The van der Waals surface area contributed by atoms with Crippen LogP contribution in [0.5, 0.6) is 5.75 Å². The summed E-state index contributed by atoms with van der Waals surface area (Å²) in [7, 11) is -3.66. The van der Waals surface area contributed by atoms with Crippen molar-refractivity contribution in [2.45, 2.75) is 9.79 Å². The van der Waals surface area contributed by atoms with Gasteiger partial charge in [-0.05, 0) is 36.4 Å². The summed E-state index contributed by atoms with van der Waals surface area (Å²) >= 11 is 1.61. The van der Waals surface area contributed by atoms with Crippen molar-refractivity contribution in [1.82, 2.24) is 0 Å². The Kier molecular flexibility index (Phi) is 5.11. The molecule has 5 nitrogen and oxygen atoms in total. The minimum atomic E-state index is -3.66. The number of nitrogen functional groups attached to an aromatic ring is 1. The molecule has 0 aliphatic rings. The van der Waals surface area contributed by atoms with Crippen molar-refractivity contribution in [3.8, 4) is 5.75 Å². The number of ether oxygens (including phenoxy) is 1. The Morgan fingerprint density at radius 3 is 2.33 bits per heavy atom. The maximum absolute atomic E-state index is 11.1. The summed E-state index contributed by atoms with van der Waals surface area (Å²) in [4.78, 5) is 1.09. The van der Waals surface area contributed by atoms with E-state index in [1.54, 1.807) is 23.9 Å². The predicted octanol–water partition coefficient (Wildman–Crippen LogP) is 2.09. The summed E-state index contributed by atoms with van der Waals surface area (Å²) in [6, 6.07) is 13.7. The first kappa shape index (κ1) is 15.7. The highest BCUT2D eigenvalue weighted by Gasteiger charge is 2.07. The van der Waals surface area contributed by atoms with E-state index >= 15 is 0 Å². The molecule has 2 rings (SSSR count). The molecule has 112 valence electrons. The molecule has 0 atom stereocenters. The zero-order chi connectivity index (χ0) is 15.3. The fraction of sp³-hybridized carbons (Fsp3) is 0.143. The average molecular weight is 324 g/mol. The Labute approximate surface area is 128 Å². The first-order valence-corrected chi connectivity index (χ1v) is 8.73. The highest BCUT2D eigenvalue weighted by molar-refractivity contribution is 7.99. The summed E-state index contributed by atoms with van der Waals surface area (Å²) in [6.45, 7) is 0.494. The summed E-state index contributed by atoms with van der Waals surface area (Å²) in [5, 5.41) is 5.02. The van der Waals surface area contributed by atoms with E-state index in [-0.39, 0.29) is 4.90 Å². The number of hydrogen-bond donors (Lipinski definition) is 2. The van der Waals surface area contributed by atoms with E-state index < -0.39 is 10.0 Å². The molecule has 0 unspecified atom stereocenters. The van der Waals surface area contributed by atoms with E-state index in [0.717, 1.165) is 16.3 Å². The van der Waals surface area contributed by atoms with E-state index in [2.05, 4.69) is 0 Å². The quantitative estimate of drug-likeness (QED) is 0.482. The SMILES string of the molecule is Nc1ccccc1SCCOc1ccc(S(N)(=O)=O)cc1. The van der Waals surface area contributed by atoms with Gasteiger partial charge in [-0.3, -0.25) is 0 Å². The number of nitrogens with two attached hydrogens (primary N) is 2. The van der Waals surface area contributed by atoms with Crippen LogP contribution in [-0.4, -0.2) is 20.8 Å². The standard InChI is InChI=1S/C14H16N2O3S2/c15-13-3-1-2-4-14(13)20-10-9-19-11-5-7-12(8-6-11)21(16,17)18/h1-8H,9-10,15H2,(H2,16,17,18). The summed E-state index contributed by atoms with van der Waals surface area (Å²) < 4.78 is 27.8. The maximum atomic E-state index is 11.1. The molecular formula is C14H16N2O3S2. The summed E-state index contributed by atoms with van der Waals surface area (Å²) in [6.07, 6.45) is 0. The van der Waals surface area contributed by atoms with Crippen LogP contribution in [0.25, 0.3) is 0 Å². The molecule has 0 aliphatic heterocycles. The number of thioether (sulfide) groups is 1. The molecule has 0 heterocycles. The molecule has 0 saturated carbocycles. The number of anilines is 1. The van der Waals surface area contributed by atoms with E-state index in [0.29, 0.717) is 12.4 Å². The molecule has 21 heavy (non-hydrogen) atoms. The number of rotatable bonds is 6. The number of primary sulfonamides is 1. The first-order valence-electron chi connectivity index (χ1n) is 6.20. The predicted molar refractivity (Wildman–Crippen MR) is 84.9 cm³/mol. The van der Waals surface area contributed by atoms with Crippen LogP contribution in [0.2, 0.25) is 0 Å². The van der Waals surface area contributed by atoms with Gasteiger partial charge in [0.05, 0.1) is 11.5 Å². The van der Waals surface area contributed by atoms with Crippen molar-refractivity contribution in [3.63, 3.8) is 0 Å². The number of sulfonamides is 1. The molecular weight excluding hydrogens is 308 g/mol. The Bertz CT molecular complexity index is 700. The normalized spacial score (nSPS) is 11.3. The number of para-hydroxylation sites is 1. The number of benzene rings is 2. The summed E-state index contributed by atoms with van der Waals surface area (Å²) in [5.74, 6) is 1.34. The van der Waals surface area contributed by atoms with E-state index in [1.807, 2.05) is 24.3 Å². The van der Waals surface area contributed by atoms with Gasteiger partial charge in [0.25, 0.3) is 0 Å². The third-order valence-corrected chi connectivity index (χ3v) is 4.66. The van der Waals surface area contributed by atoms with Gasteiger partial charge < -0.3 is 10.5 Å². The first-order chi connectivity index (χ1) is 9.97. The monoisotopic (exact) mass is 324 g/mol. The van der Waals surface area contributed by atoms with Crippen molar-refractivity contribution in [2.24, 2.45) is 5.14 Å². The Balaban J connectivity index is 1.83. The Morgan fingerprint density at radius 2 is 1.71 bits per heavy atom. The Morgan fingerprint density at radius 1 is 1.05 bits per heavy atom. The van der Waals surface area contributed by atoms with E-state index in [9.17, 15) is 8.42 Å². The molecule has 0 radical (unpaired) electrons. The van der Waals surface area contributed by atoms with Crippen LogP contribution < -0.4 is 15.6 Å². The molecule has 0 bridgehead atoms. The van der Waals surface area contributed by atoms with Crippen LogP contribution in [0.4, 0.5) is 5.69 Å². The zero-order valence-electron chi connectivity index (χ0n) is 11.2. The lowest BCUT2D eigenvalue weighted by Gasteiger charge is -2.08. The van der Waals surface area contributed by atoms with Crippen molar-refractivity contribution in [1.29, 1.82) is 0 Å². The van der Waals surface area contributed by atoms with Gasteiger partial charge in [-0.1, -0.05) is 12.1 Å². The zero-order valence-corrected chi connectivity index (χ0v) is 12.9. The lowest BCUT2D eigenvalue weighted by Crippen LogP contribution is -2.11. The van der Waals surface area contributed by atoms with Gasteiger partial charge in [0.15, 0.2) is 0 Å². The molecule has 2 aromatic carbocycles.